The van der Waals surface area contributed by atoms with E-state index in [0.29, 0.717) is 33.9 Å². The van der Waals surface area contributed by atoms with Crippen molar-refractivity contribution in [2.24, 2.45) is 5.92 Å². The molecule has 1 amide bonds. The first-order valence-corrected chi connectivity index (χ1v) is 14.7. The minimum atomic E-state index is -1.53. The summed E-state index contributed by atoms with van der Waals surface area (Å²) in [6.45, 7) is 0. The summed E-state index contributed by atoms with van der Waals surface area (Å²) in [5.74, 6) is -0.928. The third kappa shape index (κ3) is 3.89. The Labute approximate surface area is 257 Å². The van der Waals surface area contributed by atoms with Gasteiger partial charge in [0, 0.05) is 27.0 Å². The van der Waals surface area contributed by atoms with Crippen LogP contribution in [-0.2, 0) is 10.2 Å². The standard InChI is InChI=1S/C35H27BrN2O5/c1-42-28-18-14-22(19-29(28)43-2)31(39)30-27-17-13-20-7-3-6-10-26(20)38(27)33(32(40)21-11-15-23(36)16-12-21)35(30)24-8-4-5-9-25(24)37-34(35)41/h3-19,27,30,33H,1-2H3,(H,37,41). The van der Waals surface area contributed by atoms with Gasteiger partial charge in [0.15, 0.2) is 23.1 Å². The van der Waals surface area contributed by atoms with Crippen molar-refractivity contribution in [3.63, 3.8) is 0 Å². The van der Waals surface area contributed by atoms with Gasteiger partial charge in [-0.25, -0.2) is 0 Å². The van der Waals surface area contributed by atoms with Crippen molar-refractivity contribution in [2.75, 3.05) is 24.4 Å². The van der Waals surface area contributed by atoms with Gasteiger partial charge in [-0.2, -0.15) is 0 Å². The van der Waals surface area contributed by atoms with E-state index >= 15 is 0 Å². The van der Waals surface area contributed by atoms with Crippen molar-refractivity contribution in [3.8, 4) is 11.5 Å². The van der Waals surface area contributed by atoms with Crippen LogP contribution in [0.2, 0.25) is 0 Å². The average Bonchev–Trinajstić information content (AvgIpc) is 3.52. The molecule has 0 radical (unpaired) electrons. The molecule has 0 aromatic heterocycles. The first-order valence-electron chi connectivity index (χ1n) is 13.9. The number of nitrogens with one attached hydrogen (secondary N) is 1. The molecular formula is C35H27BrN2O5. The number of fused-ring (bicyclic) bond motifs is 5. The molecule has 0 aliphatic carbocycles. The van der Waals surface area contributed by atoms with Crippen LogP contribution in [0, 0.1) is 5.92 Å². The predicted octanol–water partition coefficient (Wildman–Crippen LogP) is 6.32. The number of carbonyl (C=O) groups is 3. The van der Waals surface area contributed by atoms with Crippen LogP contribution in [0.15, 0.2) is 102 Å². The Morgan fingerprint density at radius 3 is 2.30 bits per heavy atom. The number of anilines is 2. The molecule has 0 saturated carbocycles. The Morgan fingerprint density at radius 2 is 1.53 bits per heavy atom. The van der Waals surface area contributed by atoms with Crippen molar-refractivity contribution >= 4 is 50.9 Å². The molecule has 4 aromatic rings. The van der Waals surface area contributed by atoms with E-state index in [4.69, 9.17) is 9.47 Å². The lowest BCUT2D eigenvalue weighted by molar-refractivity contribution is -0.121. The second kappa shape index (κ2) is 10.2. The molecule has 3 aliphatic heterocycles. The van der Waals surface area contributed by atoms with Crippen LogP contribution in [0.4, 0.5) is 11.4 Å². The number of ketones is 2. The number of Topliss-reactive ketones (excluding diaryl/α,β-unsaturated/α-hetero) is 2. The molecular weight excluding hydrogens is 608 g/mol. The first-order chi connectivity index (χ1) is 20.9. The zero-order valence-electron chi connectivity index (χ0n) is 23.4. The second-order valence-electron chi connectivity index (χ2n) is 10.9. The molecule has 1 spiro atoms. The van der Waals surface area contributed by atoms with Crippen LogP contribution >= 0.6 is 15.9 Å². The Hall–Kier alpha value is -4.69. The third-order valence-electron chi connectivity index (χ3n) is 8.87. The van der Waals surface area contributed by atoms with E-state index in [1.54, 1.807) is 30.3 Å². The fourth-order valence-corrected chi connectivity index (χ4v) is 7.34. The minimum Gasteiger partial charge on any atom is -0.493 e. The monoisotopic (exact) mass is 634 g/mol. The van der Waals surface area contributed by atoms with E-state index < -0.39 is 23.4 Å². The molecule has 7 nitrogen and oxygen atoms in total. The zero-order valence-corrected chi connectivity index (χ0v) is 25.0. The summed E-state index contributed by atoms with van der Waals surface area (Å²) >= 11 is 3.46. The number of ether oxygens (including phenoxy) is 2. The van der Waals surface area contributed by atoms with Crippen LogP contribution in [0.3, 0.4) is 0 Å². The minimum absolute atomic E-state index is 0.239. The fourth-order valence-electron chi connectivity index (χ4n) is 7.08. The number of amides is 1. The maximum absolute atomic E-state index is 14.9. The Kier molecular flexibility index (Phi) is 6.47. The Bertz CT molecular complexity index is 1830. The van der Waals surface area contributed by atoms with E-state index in [2.05, 4.69) is 21.2 Å². The van der Waals surface area contributed by atoms with Crippen molar-refractivity contribution in [2.45, 2.75) is 17.5 Å². The summed E-state index contributed by atoms with van der Waals surface area (Å²) < 4.78 is 11.8. The van der Waals surface area contributed by atoms with Crippen molar-refractivity contribution in [1.29, 1.82) is 0 Å². The van der Waals surface area contributed by atoms with Gasteiger partial charge in [0.25, 0.3) is 0 Å². The molecule has 3 aliphatic rings. The molecule has 4 aromatic carbocycles. The molecule has 43 heavy (non-hydrogen) atoms. The molecule has 7 rings (SSSR count). The number of methoxy groups -OCH3 is 2. The molecule has 214 valence electrons. The normalized spacial score (nSPS) is 22.9. The highest BCUT2D eigenvalue weighted by Crippen LogP contribution is 2.58. The molecule has 0 bridgehead atoms. The van der Waals surface area contributed by atoms with Crippen molar-refractivity contribution in [3.05, 3.63) is 124 Å². The van der Waals surface area contributed by atoms with Gasteiger partial charge >= 0.3 is 0 Å². The Balaban J connectivity index is 1.52. The quantitative estimate of drug-likeness (QED) is 0.250. The number of nitrogens with zero attached hydrogens (tertiary/aromatic N) is 1. The number of hydrogen-bond acceptors (Lipinski definition) is 6. The molecule has 3 heterocycles. The summed E-state index contributed by atoms with van der Waals surface area (Å²) in [5, 5.41) is 3.04. The van der Waals surface area contributed by atoms with Crippen molar-refractivity contribution in [1.82, 2.24) is 0 Å². The smallest absolute Gasteiger partial charge is 0.238 e. The number of benzene rings is 4. The van der Waals surface area contributed by atoms with E-state index in [0.717, 1.165) is 15.7 Å². The van der Waals surface area contributed by atoms with Gasteiger partial charge in [-0.15, -0.1) is 0 Å². The maximum atomic E-state index is 14.9. The lowest BCUT2D eigenvalue weighted by Gasteiger charge is -2.37. The summed E-state index contributed by atoms with van der Waals surface area (Å²) in [6, 6.07) is 25.7. The fraction of sp³-hybridized carbons (Fsp3) is 0.171. The lowest BCUT2D eigenvalue weighted by atomic mass is 9.63. The average molecular weight is 636 g/mol. The highest BCUT2D eigenvalue weighted by molar-refractivity contribution is 9.10. The van der Waals surface area contributed by atoms with Crippen LogP contribution in [0.5, 0.6) is 11.5 Å². The van der Waals surface area contributed by atoms with E-state index in [-0.39, 0.29) is 17.5 Å². The zero-order chi connectivity index (χ0) is 29.9. The number of hydrogen-bond donors (Lipinski definition) is 1. The van der Waals surface area contributed by atoms with Crippen molar-refractivity contribution < 1.29 is 23.9 Å². The highest BCUT2D eigenvalue weighted by atomic mass is 79.9. The van der Waals surface area contributed by atoms with Gasteiger partial charge in [0.05, 0.1) is 26.2 Å². The van der Waals surface area contributed by atoms with Crippen LogP contribution in [0.1, 0.15) is 31.8 Å². The predicted molar refractivity (Wildman–Crippen MR) is 168 cm³/mol. The van der Waals surface area contributed by atoms with Crippen LogP contribution < -0.4 is 19.7 Å². The lowest BCUT2D eigenvalue weighted by Crippen LogP contribution is -2.55. The Morgan fingerprint density at radius 1 is 0.837 bits per heavy atom. The summed E-state index contributed by atoms with van der Waals surface area (Å²) in [7, 11) is 3.05. The number of halogens is 1. The van der Waals surface area contributed by atoms with E-state index in [9.17, 15) is 14.4 Å². The summed E-state index contributed by atoms with van der Waals surface area (Å²) in [6.07, 6.45) is 3.93. The topological polar surface area (TPSA) is 84.9 Å². The second-order valence-corrected chi connectivity index (χ2v) is 11.8. The van der Waals surface area contributed by atoms with E-state index in [1.165, 1.54) is 14.2 Å². The van der Waals surface area contributed by atoms with E-state index in [1.807, 2.05) is 77.7 Å². The van der Waals surface area contributed by atoms with Gasteiger partial charge in [-0.05, 0) is 53.6 Å². The summed E-state index contributed by atoms with van der Waals surface area (Å²) in [4.78, 5) is 46.3. The summed E-state index contributed by atoms with van der Waals surface area (Å²) in [5.41, 5.74) is 2.23. The maximum Gasteiger partial charge on any atom is 0.238 e. The number of rotatable bonds is 6. The van der Waals surface area contributed by atoms with Crippen LogP contribution in [0.25, 0.3) is 6.08 Å². The first kappa shape index (κ1) is 27.2. The molecule has 1 saturated heterocycles. The number of carbonyl (C=O) groups excluding carboxylic acids is 3. The van der Waals surface area contributed by atoms with Gasteiger partial charge in [-0.1, -0.05) is 76.6 Å². The highest BCUT2D eigenvalue weighted by Gasteiger charge is 2.71. The SMILES string of the molecule is COc1ccc(C(=O)C2C3C=Cc4ccccc4N3C(C(=O)c3ccc(Br)cc3)C23C(=O)Nc2ccccc23)cc1OC. The van der Waals surface area contributed by atoms with Gasteiger partial charge < -0.3 is 19.7 Å². The molecule has 4 atom stereocenters. The molecule has 4 unspecified atom stereocenters. The molecule has 8 heteroatoms. The van der Waals surface area contributed by atoms with Gasteiger partial charge in [0.1, 0.15) is 11.5 Å². The van der Waals surface area contributed by atoms with Gasteiger partial charge in [-0.3, -0.25) is 14.4 Å². The van der Waals surface area contributed by atoms with Gasteiger partial charge in [0.2, 0.25) is 5.91 Å². The van der Waals surface area contributed by atoms with Crippen LogP contribution in [-0.4, -0.2) is 43.8 Å². The number of para-hydroxylation sites is 2. The third-order valence-corrected chi connectivity index (χ3v) is 9.40. The molecule has 1 fully saturated rings. The molecule has 1 N–H and O–H groups in total. The largest absolute Gasteiger partial charge is 0.493 e.